The van der Waals surface area contributed by atoms with Crippen LogP contribution >= 0.6 is 15.6 Å². The van der Waals surface area contributed by atoms with Crippen LogP contribution in [0.5, 0.6) is 0 Å². The Morgan fingerprint density at radius 3 is 0.764 bits per heavy atom. The quantitative estimate of drug-likeness (QED) is 0.0222. The summed E-state index contributed by atoms with van der Waals surface area (Å²) in [6.07, 6.45) is 50.2. The Labute approximate surface area is 543 Å². The second-order valence-electron chi connectivity index (χ2n) is 25.7. The van der Waals surface area contributed by atoms with Gasteiger partial charge in [0.05, 0.1) is 26.4 Å². The molecular formula is C70H136O17P2. The maximum Gasteiger partial charge on any atom is 0.472 e. The second kappa shape index (κ2) is 63.5. The number of esters is 4. The molecule has 3 N–H and O–H groups in total. The predicted molar refractivity (Wildman–Crippen MR) is 358 cm³/mol. The average molecular weight is 1310 g/mol. The Morgan fingerprint density at radius 2 is 0.517 bits per heavy atom. The Hall–Kier alpha value is -1.94. The molecule has 89 heavy (non-hydrogen) atoms. The van der Waals surface area contributed by atoms with Gasteiger partial charge in [-0.25, -0.2) is 9.13 Å². The van der Waals surface area contributed by atoms with Crippen molar-refractivity contribution in [1.29, 1.82) is 0 Å². The third-order valence-corrected chi connectivity index (χ3v) is 18.2. The molecule has 0 rings (SSSR count). The molecule has 0 amide bonds. The third-order valence-electron chi connectivity index (χ3n) is 16.3. The van der Waals surface area contributed by atoms with Gasteiger partial charge in [0, 0.05) is 25.7 Å². The summed E-state index contributed by atoms with van der Waals surface area (Å²) in [4.78, 5) is 72.4. The molecule has 0 bridgehead atoms. The van der Waals surface area contributed by atoms with Crippen molar-refractivity contribution in [2.24, 2.45) is 5.92 Å². The number of carbonyl (C=O) groups is 4. The molecule has 0 aliphatic rings. The van der Waals surface area contributed by atoms with Crippen LogP contribution in [-0.4, -0.2) is 96.7 Å². The normalized spacial score (nSPS) is 14.1. The highest BCUT2D eigenvalue weighted by molar-refractivity contribution is 7.47. The van der Waals surface area contributed by atoms with Gasteiger partial charge >= 0.3 is 39.5 Å². The van der Waals surface area contributed by atoms with Crippen molar-refractivity contribution < 1.29 is 80.2 Å². The van der Waals surface area contributed by atoms with Crippen LogP contribution in [0.15, 0.2) is 0 Å². The van der Waals surface area contributed by atoms with Gasteiger partial charge in [-0.3, -0.25) is 37.3 Å². The predicted octanol–water partition coefficient (Wildman–Crippen LogP) is 20.1. The van der Waals surface area contributed by atoms with Crippen LogP contribution in [0.2, 0.25) is 0 Å². The van der Waals surface area contributed by atoms with Crippen LogP contribution in [0.25, 0.3) is 0 Å². The van der Waals surface area contributed by atoms with E-state index in [-0.39, 0.29) is 25.7 Å². The van der Waals surface area contributed by atoms with Crippen molar-refractivity contribution in [3.8, 4) is 0 Å². The summed E-state index contributed by atoms with van der Waals surface area (Å²) in [5.41, 5.74) is 0. The van der Waals surface area contributed by atoms with Gasteiger partial charge in [-0.15, -0.1) is 0 Å². The van der Waals surface area contributed by atoms with Crippen molar-refractivity contribution in [3.05, 3.63) is 0 Å². The second-order valence-corrected chi connectivity index (χ2v) is 28.7. The topological polar surface area (TPSA) is 237 Å². The van der Waals surface area contributed by atoms with Gasteiger partial charge in [0.25, 0.3) is 0 Å². The molecule has 19 heteroatoms. The fourth-order valence-electron chi connectivity index (χ4n) is 10.6. The van der Waals surface area contributed by atoms with Crippen LogP contribution in [0.3, 0.4) is 0 Å². The first-order chi connectivity index (χ1) is 43.0. The summed E-state index contributed by atoms with van der Waals surface area (Å²) in [5.74, 6) is -1.43. The first kappa shape index (κ1) is 87.1. The van der Waals surface area contributed by atoms with Gasteiger partial charge in [0.2, 0.25) is 0 Å². The minimum atomic E-state index is -4.95. The van der Waals surface area contributed by atoms with E-state index in [0.29, 0.717) is 31.6 Å². The average Bonchev–Trinajstić information content (AvgIpc) is 3.72. The van der Waals surface area contributed by atoms with Crippen LogP contribution in [0, 0.1) is 5.92 Å². The van der Waals surface area contributed by atoms with E-state index in [2.05, 4.69) is 34.6 Å². The van der Waals surface area contributed by atoms with E-state index in [0.717, 1.165) is 103 Å². The molecule has 0 aromatic carbocycles. The number of aliphatic hydroxyl groups excluding tert-OH is 1. The zero-order chi connectivity index (χ0) is 65.6. The molecule has 2 unspecified atom stereocenters. The van der Waals surface area contributed by atoms with Gasteiger partial charge in [-0.05, 0) is 31.6 Å². The summed E-state index contributed by atoms with van der Waals surface area (Å²) in [7, 11) is -9.89. The number of unbranched alkanes of at least 4 members (excludes halogenated alkanes) is 42. The molecule has 0 radical (unpaired) electrons. The summed E-state index contributed by atoms with van der Waals surface area (Å²) in [6.45, 7) is 7.14. The maximum atomic E-state index is 13.0. The lowest BCUT2D eigenvalue weighted by Gasteiger charge is -2.21. The van der Waals surface area contributed by atoms with Gasteiger partial charge in [-0.1, -0.05) is 311 Å². The Kier molecular flexibility index (Phi) is 62.1. The Balaban J connectivity index is 5.18. The molecule has 0 aliphatic heterocycles. The van der Waals surface area contributed by atoms with Crippen molar-refractivity contribution >= 4 is 39.5 Å². The van der Waals surface area contributed by atoms with E-state index in [4.69, 9.17) is 37.0 Å². The molecule has 0 aromatic rings. The van der Waals surface area contributed by atoms with Crippen LogP contribution in [0.4, 0.5) is 0 Å². The van der Waals surface area contributed by atoms with Crippen molar-refractivity contribution in [3.63, 3.8) is 0 Å². The molecule has 0 saturated carbocycles. The summed E-state index contributed by atoms with van der Waals surface area (Å²) in [5, 5.41) is 10.6. The highest BCUT2D eigenvalue weighted by atomic mass is 31.2. The molecule has 0 aliphatic carbocycles. The van der Waals surface area contributed by atoms with Gasteiger partial charge in [0.1, 0.15) is 19.3 Å². The maximum absolute atomic E-state index is 13.0. The lowest BCUT2D eigenvalue weighted by atomic mass is 10.0. The van der Waals surface area contributed by atoms with Gasteiger partial charge in [-0.2, -0.15) is 0 Å². The fourth-order valence-corrected chi connectivity index (χ4v) is 12.2. The molecule has 17 nitrogen and oxygen atoms in total. The molecule has 0 spiro atoms. The number of hydrogen-bond acceptors (Lipinski definition) is 15. The first-order valence-electron chi connectivity index (χ1n) is 36.6. The van der Waals surface area contributed by atoms with E-state index in [1.165, 1.54) is 173 Å². The van der Waals surface area contributed by atoms with E-state index < -0.39 is 97.5 Å². The lowest BCUT2D eigenvalue weighted by Crippen LogP contribution is -2.30. The van der Waals surface area contributed by atoms with E-state index >= 15 is 0 Å². The summed E-state index contributed by atoms with van der Waals surface area (Å²) in [6, 6.07) is 0. The molecule has 0 aromatic heterocycles. The molecular weight excluding hydrogens is 1170 g/mol. The van der Waals surface area contributed by atoms with Gasteiger partial charge in [0.15, 0.2) is 12.2 Å². The zero-order valence-corrected chi connectivity index (χ0v) is 59.4. The molecule has 528 valence electrons. The van der Waals surface area contributed by atoms with Crippen molar-refractivity contribution in [2.45, 2.75) is 380 Å². The van der Waals surface area contributed by atoms with Crippen LogP contribution in [-0.2, 0) is 65.4 Å². The van der Waals surface area contributed by atoms with Crippen molar-refractivity contribution in [1.82, 2.24) is 0 Å². The molecule has 0 saturated heterocycles. The zero-order valence-electron chi connectivity index (χ0n) is 57.6. The fraction of sp³-hybridized carbons (Fsp3) is 0.943. The number of phosphoric ester groups is 2. The molecule has 5 atom stereocenters. The van der Waals surface area contributed by atoms with Crippen molar-refractivity contribution in [2.75, 3.05) is 39.6 Å². The van der Waals surface area contributed by atoms with E-state index in [9.17, 15) is 43.2 Å². The number of aliphatic hydroxyl groups is 1. The van der Waals surface area contributed by atoms with Crippen LogP contribution < -0.4 is 0 Å². The highest BCUT2D eigenvalue weighted by Crippen LogP contribution is 2.45. The Bertz CT molecular complexity index is 1720. The third kappa shape index (κ3) is 64.6. The summed E-state index contributed by atoms with van der Waals surface area (Å²) >= 11 is 0. The first-order valence-corrected chi connectivity index (χ1v) is 39.6. The SMILES string of the molecule is CCCCCCCCCCCCCCCCCCCCC(=O)O[C@H](COC(=O)CCCCCCCCCCCCCCCC)COP(=O)(O)OC[C@@H](O)COP(=O)(O)OC[C@@H](COC(=O)CCCCCCCCC)OC(=O)CCCCCCCCCC(C)C. The lowest BCUT2D eigenvalue weighted by molar-refractivity contribution is -0.161. The number of rotatable bonds is 70. The number of hydrogen-bond donors (Lipinski definition) is 3. The van der Waals surface area contributed by atoms with Gasteiger partial charge < -0.3 is 33.8 Å². The number of phosphoric acid groups is 2. The van der Waals surface area contributed by atoms with E-state index in [1.54, 1.807) is 0 Å². The standard InChI is InChI=1S/C70H136O17P2/c1-6-9-12-15-18-20-22-24-26-27-28-29-31-33-35-40-45-50-55-69(74)86-66(60-81-68(73)54-49-44-39-34-32-30-25-23-21-19-16-13-10-7-2)62-85-89(78,79)83-58-64(71)57-82-88(76,77)84-61-65(59-80-67(72)53-48-43-37-17-14-11-8-3)87-70(75)56-51-46-41-36-38-42-47-52-63(4)5/h63-66,71H,6-62H2,1-5H3,(H,76,77)(H,78,79)/t64-,65+,66+/m0/s1. The van der Waals surface area contributed by atoms with E-state index in [1.807, 2.05) is 0 Å². The minimum Gasteiger partial charge on any atom is -0.462 e. The highest BCUT2D eigenvalue weighted by Gasteiger charge is 2.30. The number of ether oxygens (including phenoxy) is 4. The van der Waals surface area contributed by atoms with Crippen LogP contribution in [0.1, 0.15) is 362 Å². The number of carbonyl (C=O) groups excluding carboxylic acids is 4. The molecule has 0 fully saturated rings. The molecule has 0 heterocycles. The monoisotopic (exact) mass is 1310 g/mol. The smallest absolute Gasteiger partial charge is 0.462 e. The Morgan fingerprint density at radius 1 is 0.303 bits per heavy atom. The summed E-state index contributed by atoms with van der Waals surface area (Å²) < 4.78 is 68.2. The minimum absolute atomic E-state index is 0.103. The largest absolute Gasteiger partial charge is 0.472 e.